The number of halogens is 3. The number of amides is 1. The van der Waals surface area contributed by atoms with E-state index < -0.39 is 22.0 Å². The lowest BCUT2D eigenvalue weighted by molar-refractivity contribution is -0.116. The van der Waals surface area contributed by atoms with E-state index in [0.29, 0.717) is 10.0 Å². The Balaban J connectivity index is 1.82. The Hall–Kier alpha value is -1.91. The molecule has 7 nitrogen and oxygen atoms in total. The maximum Gasteiger partial charge on any atom is 0.249 e. The molecule has 158 valence electrons. The fraction of sp³-hybridized carbons (Fsp3) is 0.167. The molecule has 1 heterocycles. The zero-order valence-electron chi connectivity index (χ0n) is 15.6. The zero-order chi connectivity index (χ0) is 22.1. The van der Waals surface area contributed by atoms with E-state index in [1.54, 1.807) is 24.3 Å². The van der Waals surface area contributed by atoms with Crippen LogP contribution in [-0.4, -0.2) is 36.8 Å². The lowest BCUT2D eigenvalue weighted by Crippen LogP contribution is -2.45. The average Bonchev–Trinajstić information content (AvgIpc) is 3.12. The maximum atomic E-state index is 12.8. The lowest BCUT2D eigenvalue weighted by Gasteiger charge is -2.28. The molecular weight excluding hydrogens is 491 g/mol. The van der Waals surface area contributed by atoms with Gasteiger partial charge in [-0.1, -0.05) is 58.3 Å². The molecule has 3 aromatic rings. The summed E-state index contributed by atoms with van der Waals surface area (Å²) < 4.78 is 25.7. The van der Waals surface area contributed by atoms with E-state index in [0.717, 1.165) is 27.5 Å². The van der Waals surface area contributed by atoms with Crippen molar-refractivity contribution < 1.29 is 13.2 Å². The van der Waals surface area contributed by atoms with Crippen LogP contribution in [0, 0.1) is 0 Å². The monoisotopic (exact) mass is 504 g/mol. The van der Waals surface area contributed by atoms with Gasteiger partial charge in [0.25, 0.3) is 0 Å². The first kappa shape index (κ1) is 22.8. The van der Waals surface area contributed by atoms with Crippen molar-refractivity contribution in [2.75, 3.05) is 15.9 Å². The lowest BCUT2D eigenvalue weighted by atomic mass is 10.2. The van der Waals surface area contributed by atoms with E-state index in [1.807, 2.05) is 0 Å². The van der Waals surface area contributed by atoms with Gasteiger partial charge in [0, 0.05) is 10.6 Å². The molecule has 0 radical (unpaired) electrons. The fourth-order valence-corrected chi connectivity index (χ4v) is 4.96. The molecule has 1 amide bonds. The molecule has 3 rings (SSSR count). The van der Waals surface area contributed by atoms with Gasteiger partial charge in [0.05, 0.1) is 22.0 Å². The second-order valence-electron chi connectivity index (χ2n) is 6.24. The molecule has 30 heavy (non-hydrogen) atoms. The molecular formula is C18H15Cl3N4O3S2. The normalized spacial score (nSPS) is 12.4. The summed E-state index contributed by atoms with van der Waals surface area (Å²) in [5.41, 5.74) is 1.01. The van der Waals surface area contributed by atoms with Gasteiger partial charge in [-0.05, 0) is 37.3 Å². The average molecular weight is 506 g/mol. The predicted molar refractivity (Wildman–Crippen MR) is 122 cm³/mol. The number of nitrogens with one attached hydrogen (secondary N) is 1. The van der Waals surface area contributed by atoms with Crippen LogP contribution in [0.3, 0.4) is 0 Å². The summed E-state index contributed by atoms with van der Waals surface area (Å²) in [6.07, 6.45) is 1.00. The number of sulfonamides is 1. The van der Waals surface area contributed by atoms with Crippen molar-refractivity contribution in [2.45, 2.75) is 13.0 Å². The van der Waals surface area contributed by atoms with Crippen LogP contribution in [0.4, 0.5) is 10.8 Å². The SMILES string of the molecule is CC(C(=O)Nc1nnc(-c2ccc(Cl)cc2)s1)N(c1ccc(Cl)c(Cl)c1)S(C)(=O)=O. The van der Waals surface area contributed by atoms with E-state index in [-0.39, 0.29) is 20.9 Å². The van der Waals surface area contributed by atoms with Crippen molar-refractivity contribution in [1.82, 2.24) is 10.2 Å². The third-order valence-electron chi connectivity index (χ3n) is 3.99. The van der Waals surface area contributed by atoms with Gasteiger partial charge < -0.3 is 0 Å². The van der Waals surface area contributed by atoms with E-state index >= 15 is 0 Å². The number of anilines is 2. The molecule has 0 bridgehead atoms. The summed E-state index contributed by atoms with van der Waals surface area (Å²) in [6.45, 7) is 1.46. The zero-order valence-corrected chi connectivity index (χ0v) is 19.5. The van der Waals surface area contributed by atoms with Crippen LogP contribution in [0.1, 0.15) is 6.92 Å². The van der Waals surface area contributed by atoms with Crippen molar-refractivity contribution in [2.24, 2.45) is 0 Å². The summed E-state index contributed by atoms with van der Waals surface area (Å²) in [5.74, 6) is -0.578. The van der Waals surface area contributed by atoms with Gasteiger partial charge in [0.15, 0.2) is 0 Å². The Labute approximate surface area is 192 Å². The molecule has 0 spiro atoms. The van der Waals surface area contributed by atoms with Crippen molar-refractivity contribution in [3.63, 3.8) is 0 Å². The maximum absolute atomic E-state index is 12.8. The highest BCUT2D eigenvalue weighted by Crippen LogP contribution is 2.31. The van der Waals surface area contributed by atoms with E-state index in [4.69, 9.17) is 34.8 Å². The predicted octanol–water partition coefficient (Wildman–Crippen LogP) is 4.96. The van der Waals surface area contributed by atoms with E-state index in [9.17, 15) is 13.2 Å². The first-order valence-electron chi connectivity index (χ1n) is 8.41. The van der Waals surface area contributed by atoms with Crippen LogP contribution in [-0.2, 0) is 14.8 Å². The number of hydrogen-bond donors (Lipinski definition) is 1. The van der Waals surface area contributed by atoms with Crippen LogP contribution in [0.15, 0.2) is 42.5 Å². The van der Waals surface area contributed by atoms with Crippen molar-refractivity contribution in [1.29, 1.82) is 0 Å². The molecule has 0 saturated heterocycles. The fourth-order valence-electron chi connectivity index (χ4n) is 2.62. The second kappa shape index (κ2) is 9.07. The molecule has 1 N–H and O–H groups in total. The Morgan fingerprint density at radius 1 is 1.07 bits per heavy atom. The minimum atomic E-state index is -3.80. The molecule has 0 fully saturated rings. The van der Waals surface area contributed by atoms with Gasteiger partial charge in [-0.3, -0.25) is 14.4 Å². The summed E-state index contributed by atoms with van der Waals surface area (Å²) in [4.78, 5) is 12.8. The summed E-state index contributed by atoms with van der Waals surface area (Å²) in [5, 5.41) is 12.5. The van der Waals surface area contributed by atoms with Crippen molar-refractivity contribution >= 4 is 72.9 Å². The number of aromatic nitrogens is 2. The first-order chi connectivity index (χ1) is 14.1. The molecule has 1 aromatic heterocycles. The second-order valence-corrected chi connectivity index (χ2v) is 10.3. The molecule has 0 aliphatic rings. The van der Waals surface area contributed by atoms with Gasteiger partial charge >= 0.3 is 0 Å². The molecule has 0 saturated carbocycles. The van der Waals surface area contributed by atoms with Crippen LogP contribution < -0.4 is 9.62 Å². The third kappa shape index (κ3) is 5.22. The number of benzene rings is 2. The number of carbonyl (C=O) groups excluding carboxylic acids is 1. The molecule has 1 unspecified atom stereocenters. The van der Waals surface area contributed by atoms with Crippen LogP contribution in [0.25, 0.3) is 10.6 Å². The van der Waals surface area contributed by atoms with Crippen LogP contribution >= 0.6 is 46.1 Å². The van der Waals surface area contributed by atoms with Crippen molar-refractivity contribution in [3.8, 4) is 10.6 Å². The number of carbonyl (C=O) groups is 1. The molecule has 2 aromatic carbocycles. The van der Waals surface area contributed by atoms with Gasteiger partial charge in [0.1, 0.15) is 11.0 Å². The Kier molecular flexibility index (Phi) is 6.88. The van der Waals surface area contributed by atoms with Gasteiger partial charge in [-0.15, -0.1) is 10.2 Å². The Morgan fingerprint density at radius 3 is 2.33 bits per heavy atom. The Morgan fingerprint density at radius 2 is 1.73 bits per heavy atom. The highest BCUT2D eigenvalue weighted by Gasteiger charge is 2.30. The minimum Gasteiger partial charge on any atom is -0.299 e. The first-order valence-corrected chi connectivity index (χ1v) is 12.2. The number of rotatable bonds is 6. The standard InChI is InChI=1S/C18H15Cl3N4O3S2/c1-10(25(30(2,27)28)13-7-8-14(20)15(21)9-13)16(26)22-18-24-23-17(29-18)11-3-5-12(19)6-4-11/h3-10H,1-2H3,(H,22,24,26). The third-order valence-corrected chi connectivity index (χ3v) is 7.11. The van der Waals surface area contributed by atoms with E-state index in [1.165, 1.54) is 25.1 Å². The Bertz CT molecular complexity index is 1180. The van der Waals surface area contributed by atoms with Gasteiger partial charge in [-0.25, -0.2) is 8.42 Å². The smallest absolute Gasteiger partial charge is 0.249 e. The number of hydrogen-bond acceptors (Lipinski definition) is 6. The van der Waals surface area contributed by atoms with Gasteiger partial charge in [0.2, 0.25) is 21.1 Å². The summed E-state index contributed by atoms with van der Waals surface area (Å²) >= 11 is 19.0. The summed E-state index contributed by atoms with van der Waals surface area (Å²) in [6, 6.07) is 10.3. The quantitative estimate of drug-likeness (QED) is 0.511. The molecule has 12 heteroatoms. The highest BCUT2D eigenvalue weighted by atomic mass is 35.5. The topological polar surface area (TPSA) is 92.3 Å². The van der Waals surface area contributed by atoms with Crippen LogP contribution in [0.2, 0.25) is 15.1 Å². The largest absolute Gasteiger partial charge is 0.299 e. The number of nitrogens with zero attached hydrogens (tertiary/aromatic N) is 3. The minimum absolute atomic E-state index is 0.173. The van der Waals surface area contributed by atoms with Crippen LogP contribution in [0.5, 0.6) is 0 Å². The molecule has 0 aliphatic carbocycles. The molecule has 0 aliphatic heterocycles. The van der Waals surface area contributed by atoms with E-state index in [2.05, 4.69) is 15.5 Å². The highest BCUT2D eigenvalue weighted by molar-refractivity contribution is 7.92. The van der Waals surface area contributed by atoms with Gasteiger partial charge in [-0.2, -0.15) is 0 Å². The van der Waals surface area contributed by atoms with Crippen molar-refractivity contribution in [3.05, 3.63) is 57.5 Å². The summed E-state index contributed by atoms with van der Waals surface area (Å²) in [7, 11) is -3.80. The molecule has 1 atom stereocenters.